The lowest BCUT2D eigenvalue weighted by Crippen LogP contribution is -2.50. The molecule has 5 nitrogen and oxygen atoms in total. The van der Waals surface area contributed by atoms with E-state index in [1.807, 2.05) is 0 Å². The van der Waals surface area contributed by atoms with E-state index in [1.54, 1.807) is 0 Å². The van der Waals surface area contributed by atoms with Gasteiger partial charge in [-0.25, -0.2) is 4.58 Å². The zero-order valence-electron chi connectivity index (χ0n) is 16.8. The number of anilines is 1. The quantitative estimate of drug-likeness (QED) is 0.416. The number of aliphatic imine (C=N–C) groups is 1. The van der Waals surface area contributed by atoms with Gasteiger partial charge in [-0.05, 0) is 24.3 Å². The molecule has 0 radical (unpaired) electrons. The summed E-state index contributed by atoms with van der Waals surface area (Å²) in [6, 6.07) is 6.85. The second-order valence-corrected chi connectivity index (χ2v) is 12.7. The smallest absolute Gasteiger partial charge is 0.197 e. The minimum absolute atomic E-state index is 0.814. The monoisotopic (exact) mass is 394 g/mol. The van der Waals surface area contributed by atoms with Crippen LogP contribution in [0.3, 0.4) is 0 Å². The van der Waals surface area contributed by atoms with Crippen LogP contribution in [0.25, 0.3) is 0 Å². The lowest BCUT2D eigenvalue weighted by atomic mass is 10.1. The summed E-state index contributed by atoms with van der Waals surface area (Å²) >= 11 is 0. The fraction of sp³-hybridized carbons (Fsp3) is 0.455. The maximum Gasteiger partial charge on any atom is 0.197 e. The van der Waals surface area contributed by atoms with Crippen molar-refractivity contribution in [3.8, 4) is 0 Å². The van der Waals surface area contributed by atoms with Crippen LogP contribution in [0, 0.1) is 0 Å². The Morgan fingerprint density at radius 3 is 2.54 bits per heavy atom. The van der Waals surface area contributed by atoms with Crippen LogP contribution in [0.4, 0.5) is 11.4 Å². The average Bonchev–Trinajstić information content (AvgIpc) is 2.75. The van der Waals surface area contributed by atoms with Crippen LogP contribution in [0.15, 0.2) is 46.6 Å². The summed E-state index contributed by atoms with van der Waals surface area (Å²) < 4.78 is 13.5. The first-order valence-corrected chi connectivity index (χ1v) is 13.3. The molecule has 28 heavy (non-hydrogen) atoms. The Hall–Kier alpha value is -2.02. The summed E-state index contributed by atoms with van der Waals surface area (Å²) in [5.74, 6) is 0. The molecule has 2 fully saturated rings. The number of rotatable bonds is 1. The fourth-order valence-corrected chi connectivity index (χ4v) is 7.42. The summed E-state index contributed by atoms with van der Waals surface area (Å²) in [5, 5.41) is 2.89. The first-order chi connectivity index (χ1) is 13.6. The summed E-state index contributed by atoms with van der Waals surface area (Å²) in [7, 11) is -1.83. The summed E-state index contributed by atoms with van der Waals surface area (Å²) in [6.07, 6.45) is 6.85. The molecule has 0 saturated carbocycles. The molecule has 0 atom stereocenters. The first kappa shape index (κ1) is 18.0. The van der Waals surface area contributed by atoms with Gasteiger partial charge in [-0.15, -0.1) is 5.20 Å². The fourth-order valence-electron chi connectivity index (χ4n) is 4.56. The number of morpholine rings is 2. The Bertz CT molecular complexity index is 916. The average molecular weight is 395 g/mol. The number of allylic oxidation sites excluding steroid dienone is 4. The highest BCUT2D eigenvalue weighted by Gasteiger charge is 2.29. The Kier molecular flexibility index (Phi) is 4.57. The molecule has 0 aromatic heterocycles. The summed E-state index contributed by atoms with van der Waals surface area (Å²) in [4.78, 5) is 7.46. The molecule has 6 heteroatoms. The van der Waals surface area contributed by atoms with Crippen molar-refractivity contribution in [3.63, 3.8) is 0 Å². The standard InChI is InChI=1S/C22H28N3O2Si/c1-28(2)21-15-17(24-7-11-26-12-8-24)3-5-19(21)23-20-6-4-18(16-22(20)28)25-9-13-27-14-10-25/h3-6,15-16H,7-14H2,1-2H3. The number of hydrogen-bond donors (Lipinski definition) is 0. The Morgan fingerprint density at radius 2 is 1.75 bits per heavy atom. The zero-order valence-corrected chi connectivity index (χ0v) is 17.8. The van der Waals surface area contributed by atoms with Crippen molar-refractivity contribution in [2.75, 3.05) is 57.5 Å². The highest BCUT2D eigenvalue weighted by Crippen LogP contribution is 2.32. The predicted molar refractivity (Wildman–Crippen MR) is 117 cm³/mol. The van der Waals surface area contributed by atoms with Gasteiger partial charge in [-0.1, -0.05) is 14.1 Å². The zero-order chi connectivity index (χ0) is 19.1. The molecule has 1 aromatic rings. The Labute approximate surface area is 167 Å². The van der Waals surface area contributed by atoms with Gasteiger partial charge in [0.2, 0.25) is 0 Å². The van der Waals surface area contributed by atoms with Gasteiger partial charge in [-0.2, -0.15) is 18.3 Å². The third-order valence-corrected chi connectivity index (χ3v) is 9.79. The Balaban J connectivity index is 1.55. The largest absolute Gasteiger partial charge is 0.378 e. The van der Waals surface area contributed by atoms with Gasteiger partial charge in [0.05, 0.1) is 13.2 Å². The molecular formula is C22H28N3O2Si. The van der Waals surface area contributed by atoms with Crippen LogP contribution >= 0.6 is 0 Å². The second-order valence-electron chi connectivity index (χ2n) is 8.34. The molecule has 1 aliphatic carbocycles. The van der Waals surface area contributed by atoms with Crippen molar-refractivity contribution in [2.24, 2.45) is 4.99 Å². The molecule has 0 amide bonds. The van der Waals surface area contributed by atoms with Gasteiger partial charge in [0.25, 0.3) is 0 Å². The molecule has 2 saturated heterocycles. The molecule has 4 aliphatic rings. The van der Waals surface area contributed by atoms with E-state index in [4.69, 9.17) is 14.5 Å². The van der Waals surface area contributed by atoms with Gasteiger partial charge < -0.3 is 14.4 Å². The van der Waals surface area contributed by atoms with Crippen molar-refractivity contribution in [1.29, 1.82) is 0 Å². The van der Waals surface area contributed by atoms with Crippen LogP contribution < -0.4 is 10.1 Å². The molecule has 0 N–H and O–H groups in total. The lowest BCUT2D eigenvalue weighted by Gasteiger charge is -2.44. The molecule has 0 bridgehead atoms. The normalized spacial score (nSPS) is 23.7. The molecule has 3 aliphatic heterocycles. The van der Waals surface area contributed by atoms with Crippen molar-refractivity contribution < 1.29 is 14.0 Å². The van der Waals surface area contributed by atoms with Gasteiger partial charge in [0.1, 0.15) is 13.2 Å². The van der Waals surface area contributed by atoms with E-state index in [0.29, 0.717) is 0 Å². The van der Waals surface area contributed by atoms with E-state index in [9.17, 15) is 0 Å². The van der Waals surface area contributed by atoms with E-state index >= 15 is 0 Å². The van der Waals surface area contributed by atoms with Gasteiger partial charge in [0, 0.05) is 36.3 Å². The third-order valence-electron chi connectivity index (χ3n) is 6.30. The SMILES string of the molecule is C[Si-]1(C)C2=CC(=[N+]3CCOCC3)C=CC2=Nc2ccc(N3CCOCC3)cc21. The minimum Gasteiger partial charge on any atom is -0.378 e. The number of benzene rings is 1. The minimum atomic E-state index is -1.83. The molecule has 3 heterocycles. The van der Waals surface area contributed by atoms with Crippen molar-refractivity contribution in [3.05, 3.63) is 41.6 Å². The van der Waals surface area contributed by atoms with Crippen LogP contribution in [0.2, 0.25) is 13.1 Å². The van der Waals surface area contributed by atoms with E-state index in [1.165, 1.54) is 21.8 Å². The van der Waals surface area contributed by atoms with Crippen molar-refractivity contribution in [1.82, 2.24) is 0 Å². The molecule has 0 unspecified atom stereocenters. The predicted octanol–water partition coefficient (Wildman–Crippen LogP) is 2.04. The highest BCUT2D eigenvalue weighted by atomic mass is 28.3. The Morgan fingerprint density at radius 1 is 1.00 bits per heavy atom. The van der Waals surface area contributed by atoms with Crippen LogP contribution in [0.5, 0.6) is 0 Å². The third kappa shape index (κ3) is 3.09. The number of nitrogens with zero attached hydrogens (tertiary/aromatic N) is 3. The van der Waals surface area contributed by atoms with E-state index in [2.05, 4.69) is 59.0 Å². The maximum absolute atomic E-state index is 5.53. The van der Waals surface area contributed by atoms with Crippen LogP contribution in [0.1, 0.15) is 0 Å². The van der Waals surface area contributed by atoms with Crippen molar-refractivity contribution >= 4 is 36.1 Å². The van der Waals surface area contributed by atoms with Crippen molar-refractivity contribution in [2.45, 2.75) is 13.1 Å². The number of ether oxygens (including phenoxy) is 2. The topological polar surface area (TPSA) is 37.1 Å². The lowest BCUT2D eigenvalue weighted by molar-refractivity contribution is -0.547. The second kappa shape index (κ2) is 7.10. The van der Waals surface area contributed by atoms with Gasteiger partial charge >= 0.3 is 0 Å². The molecule has 1 aromatic carbocycles. The number of hydrogen-bond acceptors (Lipinski definition) is 4. The first-order valence-electron chi connectivity index (χ1n) is 10.3. The van der Waals surface area contributed by atoms with Gasteiger partial charge in [-0.3, -0.25) is 4.99 Å². The maximum atomic E-state index is 5.53. The van der Waals surface area contributed by atoms with E-state index in [-0.39, 0.29) is 0 Å². The molecular weight excluding hydrogens is 366 g/mol. The van der Waals surface area contributed by atoms with Gasteiger partial charge in [0.15, 0.2) is 18.8 Å². The van der Waals surface area contributed by atoms with E-state index in [0.717, 1.165) is 64.0 Å². The molecule has 0 spiro atoms. The molecule has 5 rings (SSSR count). The summed E-state index contributed by atoms with van der Waals surface area (Å²) in [6.45, 7) is 12.1. The van der Waals surface area contributed by atoms with Crippen LogP contribution in [-0.2, 0) is 9.47 Å². The van der Waals surface area contributed by atoms with Crippen LogP contribution in [-0.4, -0.2) is 76.7 Å². The number of fused-ring (bicyclic) bond motifs is 2. The van der Waals surface area contributed by atoms with E-state index < -0.39 is 8.07 Å². The molecule has 147 valence electrons. The highest BCUT2D eigenvalue weighted by molar-refractivity contribution is 7.01. The summed E-state index contributed by atoms with van der Waals surface area (Å²) in [5.41, 5.74) is 4.93.